The van der Waals surface area contributed by atoms with Crippen molar-refractivity contribution < 1.29 is 24.9 Å². The lowest BCUT2D eigenvalue weighted by atomic mass is 10.2. The smallest absolute Gasteiger partial charge is 0.238 e. The lowest BCUT2D eigenvalue weighted by Crippen LogP contribution is -2.14. The number of anilines is 4. The zero-order valence-electron chi connectivity index (χ0n) is 27.9. The van der Waals surface area contributed by atoms with Crippen LogP contribution in [0.5, 0.6) is 0 Å². The van der Waals surface area contributed by atoms with E-state index < -0.39 is 70.7 Å². The van der Waals surface area contributed by atoms with Crippen molar-refractivity contribution in [2.45, 2.75) is 18.6 Å². The number of aryl methyl sites for hydroxylation is 3. The Hall–Kier alpha value is -3.50. The number of primary sulfonamides is 1. The fraction of sp³-hybridized carbons (Fsp3) is 0.190. The Morgan fingerprint density at radius 1 is 1.26 bits per heavy atom. The van der Waals surface area contributed by atoms with Crippen LogP contribution in [0.15, 0.2) is 53.5 Å². The van der Waals surface area contributed by atoms with Gasteiger partial charge in [-0.05, 0) is 55.6 Å². The zero-order chi connectivity index (χ0) is 32.4. The van der Waals surface area contributed by atoms with Crippen LogP contribution < -0.4 is 15.4 Å². The van der Waals surface area contributed by atoms with Gasteiger partial charge >= 0.3 is 0 Å². The number of nitrogens with two attached hydrogens (primary N) is 1. The summed E-state index contributed by atoms with van der Waals surface area (Å²) in [6, 6.07) is 2.28. The minimum absolute atomic E-state index is 0.0162. The maximum absolute atomic E-state index is 12.1. The lowest BCUT2D eigenvalue weighted by molar-refractivity contribution is 0.597. The Bertz CT molecular complexity index is 1850. The molecule has 0 saturated heterocycles. The van der Waals surface area contributed by atoms with Gasteiger partial charge in [0, 0.05) is 55.0 Å². The molecule has 10 heteroatoms. The molecule has 4 rings (SSSR count). The molecule has 0 radical (unpaired) electrons. The van der Waals surface area contributed by atoms with Crippen LogP contribution in [0.3, 0.4) is 0 Å². The molecule has 0 bridgehead atoms. The molecule has 0 spiro atoms. The van der Waals surface area contributed by atoms with Gasteiger partial charge in [-0.2, -0.15) is 10.1 Å². The fourth-order valence-electron chi connectivity index (χ4n) is 2.72. The molecule has 160 valence electrons. The van der Waals surface area contributed by atoms with Gasteiger partial charge in [0.15, 0.2) is 0 Å². The number of aromatic nitrogens is 4. The van der Waals surface area contributed by atoms with Gasteiger partial charge in [0.2, 0.25) is 16.0 Å². The van der Waals surface area contributed by atoms with Crippen LogP contribution in [0.4, 0.5) is 23.1 Å². The van der Waals surface area contributed by atoms with E-state index in [4.69, 9.17) is 21.6 Å². The number of nitrogens with one attached hydrogen (secondary N) is 1. The SMILES string of the molecule is [2H]c1c(N(c2ccnc(Nc3ccc(C([2H])([2H])[2H])c(S(N)(=O)=O)c3)n2)C([2H])([2H])[2H])c([2H])c2nn(C)c(C([2H])([2H])[2H])c2c1[2H]. The second-order valence-electron chi connectivity index (χ2n) is 6.37. The summed E-state index contributed by atoms with van der Waals surface area (Å²) >= 11 is 0. The minimum Gasteiger partial charge on any atom is -0.329 e. The molecule has 0 unspecified atom stereocenters. The van der Waals surface area contributed by atoms with Gasteiger partial charge in [-0.25, -0.2) is 18.5 Å². The molecule has 0 fully saturated rings. The van der Waals surface area contributed by atoms with Crippen molar-refractivity contribution >= 4 is 44.1 Å². The first kappa shape index (κ1) is 10.7. The van der Waals surface area contributed by atoms with E-state index in [1.807, 2.05) is 0 Å². The topological polar surface area (TPSA) is 119 Å². The highest BCUT2D eigenvalue weighted by Crippen LogP contribution is 2.28. The average Bonchev–Trinajstić information content (AvgIpc) is 3.21. The van der Waals surface area contributed by atoms with Crippen molar-refractivity contribution in [2.24, 2.45) is 12.2 Å². The van der Waals surface area contributed by atoms with Gasteiger partial charge in [-0.15, -0.1) is 0 Å². The van der Waals surface area contributed by atoms with Gasteiger partial charge < -0.3 is 10.2 Å². The van der Waals surface area contributed by atoms with Crippen molar-refractivity contribution in [3.8, 4) is 0 Å². The highest BCUT2D eigenvalue weighted by molar-refractivity contribution is 7.89. The van der Waals surface area contributed by atoms with Crippen LogP contribution in [0.2, 0.25) is 0 Å². The molecule has 0 aliphatic heterocycles. The first-order valence-corrected chi connectivity index (χ1v) is 10.1. The Balaban J connectivity index is 1.87. The molecule has 0 aliphatic rings. The van der Waals surface area contributed by atoms with E-state index in [2.05, 4.69) is 20.4 Å². The van der Waals surface area contributed by atoms with E-state index in [0.29, 0.717) is 4.90 Å². The number of hydrogen-bond donors (Lipinski definition) is 2. The largest absolute Gasteiger partial charge is 0.329 e. The van der Waals surface area contributed by atoms with Gasteiger partial charge in [0.25, 0.3) is 0 Å². The van der Waals surface area contributed by atoms with Crippen LogP contribution in [-0.2, 0) is 17.1 Å². The van der Waals surface area contributed by atoms with Gasteiger partial charge in [-0.3, -0.25) is 4.68 Å². The Morgan fingerprint density at radius 2 is 2.13 bits per heavy atom. The summed E-state index contributed by atoms with van der Waals surface area (Å²) in [6.07, 6.45) is 1.13. The number of benzene rings is 2. The molecule has 0 amide bonds. The lowest BCUT2D eigenvalue weighted by Gasteiger charge is -2.19. The predicted octanol–water partition coefficient (Wildman–Crippen LogP) is 3.14. The molecular formula is C21H23N7O2S. The Kier molecular flexibility index (Phi) is 2.63. The van der Waals surface area contributed by atoms with Crippen molar-refractivity contribution in [3.05, 3.63) is 59.8 Å². The molecule has 0 aliphatic carbocycles. The van der Waals surface area contributed by atoms with E-state index in [9.17, 15) is 8.42 Å². The maximum atomic E-state index is 12.1. The fourth-order valence-corrected chi connectivity index (χ4v) is 3.39. The summed E-state index contributed by atoms with van der Waals surface area (Å²) in [7, 11) is -3.19. The van der Waals surface area contributed by atoms with Crippen molar-refractivity contribution in [1.82, 2.24) is 19.7 Å². The second kappa shape index (κ2) is 7.64. The molecular weight excluding hydrogens is 414 g/mol. The van der Waals surface area contributed by atoms with E-state index in [1.54, 1.807) is 0 Å². The van der Waals surface area contributed by atoms with Crippen LogP contribution in [0.1, 0.15) is 27.7 Å². The number of fused-ring (bicyclic) bond motifs is 1. The Labute approximate surface area is 197 Å². The van der Waals surface area contributed by atoms with E-state index in [1.165, 1.54) is 13.1 Å². The molecule has 4 aromatic rings. The van der Waals surface area contributed by atoms with E-state index >= 15 is 0 Å². The third-order valence-corrected chi connectivity index (χ3v) is 5.18. The number of rotatable bonds is 5. The van der Waals surface area contributed by atoms with Crippen molar-refractivity contribution in [1.29, 1.82) is 0 Å². The summed E-state index contributed by atoms with van der Waals surface area (Å²) in [5, 5.41) is 11.6. The first-order chi connectivity index (χ1) is 19.5. The molecule has 2 aromatic heterocycles. The maximum Gasteiger partial charge on any atom is 0.238 e. The Morgan fingerprint density at radius 3 is 2.87 bits per heavy atom. The summed E-state index contributed by atoms with van der Waals surface area (Å²) in [5.41, 5.74) is -1.84. The van der Waals surface area contributed by atoms with Crippen LogP contribution in [-0.4, -0.2) is 35.1 Å². The van der Waals surface area contributed by atoms with Gasteiger partial charge in [0.05, 0.1) is 14.5 Å². The third kappa shape index (κ3) is 4.07. The molecule has 31 heavy (non-hydrogen) atoms. The summed E-state index contributed by atoms with van der Waals surface area (Å²) in [5.74, 6) is -0.669. The summed E-state index contributed by atoms with van der Waals surface area (Å²) < 4.78 is 122. The second-order valence-corrected chi connectivity index (χ2v) is 7.90. The van der Waals surface area contributed by atoms with Crippen LogP contribution in [0, 0.1) is 13.7 Å². The molecule has 9 nitrogen and oxygen atoms in total. The number of hydrogen-bond acceptors (Lipinski definition) is 7. The zero-order valence-corrected chi connectivity index (χ0v) is 16.7. The van der Waals surface area contributed by atoms with E-state index in [-0.39, 0.29) is 28.4 Å². The molecule has 2 heterocycles. The van der Waals surface area contributed by atoms with E-state index in [0.717, 1.165) is 29.1 Å². The van der Waals surface area contributed by atoms with Crippen molar-refractivity contribution in [2.75, 3.05) is 17.2 Å². The average molecular weight is 450 g/mol. The van der Waals surface area contributed by atoms with Gasteiger partial charge in [0.1, 0.15) is 5.82 Å². The van der Waals surface area contributed by atoms with Gasteiger partial charge in [-0.1, -0.05) is 6.07 Å². The molecule has 0 atom stereocenters. The minimum atomic E-state index is -4.48. The normalized spacial score (nSPS) is 18.5. The van der Waals surface area contributed by atoms with Crippen LogP contribution >= 0.6 is 0 Å². The van der Waals surface area contributed by atoms with Crippen LogP contribution in [0.25, 0.3) is 10.9 Å². The summed E-state index contributed by atoms with van der Waals surface area (Å²) in [6.45, 7) is -8.64. The number of nitrogens with zero attached hydrogens (tertiary/aromatic N) is 5. The molecule has 3 N–H and O–H groups in total. The monoisotopic (exact) mass is 449 g/mol. The highest BCUT2D eigenvalue weighted by Gasteiger charge is 2.14. The highest BCUT2D eigenvalue weighted by atomic mass is 32.2. The standard InChI is InChI=1S/C21H23N7O2S/c1-13-5-6-15(11-19(13)31(22,29)30)24-21-23-10-9-20(25-21)27(3)16-7-8-17-14(2)28(4)26-18(17)12-16/h5-12H,1-4H3,(H2,22,29,30)(H,23,24,25)/i1D3,2D3,3D3,7D,8D,12D. The quantitative estimate of drug-likeness (QED) is 0.480. The molecule has 2 aromatic carbocycles. The third-order valence-electron chi connectivity index (χ3n) is 4.23. The predicted molar refractivity (Wildman–Crippen MR) is 121 cm³/mol. The number of sulfonamides is 1. The molecule has 0 saturated carbocycles. The van der Waals surface area contributed by atoms with Crippen molar-refractivity contribution in [3.63, 3.8) is 0 Å². The summed E-state index contributed by atoms with van der Waals surface area (Å²) in [4.78, 5) is 7.96. The first-order valence-electron chi connectivity index (χ1n) is 14.6.